The summed E-state index contributed by atoms with van der Waals surface area (Å²) in [5.41, 5.74) is 0. The summed E-state index contributed by atoms with van der Waals surface area (Å²) in [5.74, 6) is 0. The van der Waals surface area contributed by atoms with E-state index in [0.29, 0.717) is 6.26 Å². The molecule has 1 heterocycles. The molecule has 0 aromatic rings. The summed E-state index contributed by atoms with van der Waals surface area (Å²) in [4.78, 5) is 4.48. The van der Waals surface area contributed by atoms with Gasteiger partial charge in [0.15, 0.2) is 0 Å². The van der Waals surface area contributed by atoms with Gasteiger partial charge in [-0.15, -0.1) is 0 Å². The van der Waals surface area contributed by atoms with Crippen LogP contribution in [0, 0.1) is 0 Å². The van der Waals surface area contributed by atoms with Gasteiger partial charge in [0.25, 0.3) is 10.1 Å². The number of rotatable bonds is 2. The molecule has 0 unspecified atom stereocenters. The first kappa shape index (κ1) is 13.2. The molecule has 0 saturated carbocycles. The van der Waals surface area contributed by atoms with Crippen molar-refractivity contribution in [3.05, 3.63) is 12.4 Å². The fraction of sp³-hybridized carbons (Fsp3) is 0.750. The van der Waals surface area contributed by atoms with E-state index in [1.807, 2.05) is 0 Å². The molecule has 1 rings (SSSR count). The lowest BCUT2D eigenvalue weighted by molar-refractivity contribution is 0.297. The van der Waals surface area contributed by atoms with Crippen LogP contribution in [-0.2, 0) is 10.1 Å². The summed E-state index contributed by atoms with van der Waals surface area (Å²) in [6.45, 7) is 4.45. The first-order valence-corrected chi connectivity index (χ1v) is 6.23. The van der Waals surface area contributed by atoms with Crippen molar-refractivity contribution in [3.8, 4) is 0 Å². The molecule has 1 N–H and O–H groups in total. The third-order valence-corrected chi connectivity index (χ3v) is 1.45. The zero-order valence-corrected chi connectivity index (χ0v) is 9.66. The van der Waals surface area contributed by atoms with Gasteiger partial charge in [-0.05, 0) is 6.42 Å². The van der Waals surface area contributed by atoms with Crippen LogP contribution in [0.25, 0.3) is 0 Å². The second kappa shape index (κ2) is 5.87. The Balaban J connectivity index is 0.000000292. The van der Waals surface area contributed by atoms with Crippen molar-refractivity contribution in [2.75, 3.05) is 26.5 Å². The van der Waals surface area contributed by atoms with Gasteiger partial charge in [0.1, 0.15) is 0 Å². The molecule has 0 aromatic heterocycles. The molecule has 14 heavy (non-hydrogen) atoms. The number of hydrogen-bond acceptors (Lipinski definition) is 4. The summed E-state index contributed by atoms with van der Waals surface area (Å²) < 4.78 is 25.9. The zero-order chi connectivity index (χ0) is 11.2. The van der Waals surface area contributed by atoms with Crippen LogP contribution in [0.1, 0.15) is 13.3 Å². The van der Waals surface area contributed by atoms with Crippen molar-refractivity contribution in [2.45, 2.75) is 13.3 Å². The average molecular weight is 222 g/mol. The standard InChI is InChI=1S/C7H14N2.CH4O3S/c1-3-4-9-6-5-8(2)7-9;1-5(2,3)4/h5-6H,3-4,7H2,1-2H3;1H3,(H,2,3,4). The lowest BCUT2D eigenvalue weighted by Gasteiger charge is -2.16. The Morgan fingerprint density at radius 2 is 1.93 bits per heavy atom. The normalized spacial score (nSPS) is 15.4. The largest absolute Gasteiger partial charge is 0.362 e. The Hall–Kier alpha value is -0.750. The third kappa shape index (κ3) is 9.34. The molecule has 0 atom stereocenters. The first-order chi connectivity index (χ1) is 6.33. The maximum Gasteiger partial charge on any atom is 0.261 e. The van der Waals surface area contributed by atoms with Gasteiger partial charge in [0, 0.05) is 26.0 Å². The molecule has 0 amide bonds. The van der Waals surface area contributed by atoms with Gasteiger partial charge >= 0.3 is 0 Å². The summed E-state index contributed by atoms with van der Waals surface area (Å²) in [7, 11) is -1.58. The lowest BCUT2D eigenvalue weighted by atomic mass is 10.4. The summed E-state index contributed by atoms with van der Waals surface area (Å²) in [6.07, 6.45) is 6.20. The molecular formula is C8H18N2O3S. The summed E-state index contributed by atoms with van der Waals surface area (Å²) in [6, 6.07) is 0. The average Bonchev–Trinajstić information content (AvgIpc) is 2.32. The van der Waals surface area contributed by atoms with Crippen LogP contribution in [0.3, 0.4) is 0 Å². The lowest BCUT2D eigenvalue weighted by Crippen LogP contribution is -2.22. The molecule has 1 aliphatic heterocycles. The molecule has 0 fully saturated rings. The highest BCUT2D eigenvalue weighted by Gasteiger charge is 2.04. The Bertz CT molecular complexity index is 266. The second-order valence-electron chi connectivity index (χ2n) is 3.24. The van der Waals surface area contributed by atoms with Crippen molar-refractivity contribution in [2.24, 2.45) is 0 Å². The smallest absolute Gasteiger partial charge is 0.261 e. The Morgan fingerprint density at radius 3 is 2.21 bits per heavy atom. The SMILES string of the molecule is CCCN1C=CN(C)C1.CS(=O)(=O)O. The van der Waals surface area contributed by atoms with E-state index in [0.717, 1.165) is 6.67 Å². The summed E-state index contributed by atoms with van der Waals surface area (Å²) in [5, 5.41) is 0. The Kier molecular flexibility index (Phi) is 5.56. The molecular weight excluding hydrogens is 204 g/mol. The minimum Gasteiger partial charge on any atom is -0.362 e. The van der Waals surface area contributed by atoms with Gasteiger partial charge in [-0.2, -0.15) is 8.42 Å². The maximum atomic E-state index is 9.19. The highest BCUT2D eigenvalue weighted by Crippen LogP contribution is 2.02. The number of hydrogen-bond donors (Lipinski definition) is 1. The highest BCUT2D eigenvalue weighted by molar-refractivity contribution is 7.85. The molecule has 0 bridgehead atoms. The summed E-state index contributed by atoms with van der Waals surface area (Å²) >= 11 is 0. The highest BCUT2D eigenvalue weighted by atomic mass is 32.2. The van der Waals surface area contributed by atoms with Crippen molar-refractivity contribution >= 4 is 10.1 Å². The predicted molar refractivity (Wildman–Crippen MR) is 56.2 cm³/mol. The Labute approximate surface area is 85.8 Å². The van der Waals surface area contributed by atoms with Crippen LogP contribution in [-0.4, -0.2) is 49.3 Å². The quantitative estimate of drug-likeness (QED) is 0.692. The van der Waals surface area contributed by atoms with Crippen LogP contribution in [0.5, 0.6) is 0 Å². The third-order valence-electron chi connectivity index (χ3n) is 1.45. The van der Waals surface area contributed by atoms with Crippen molar-refractivity contribution in [1.29, 1.82) is 0 Å². The minimum absolute atomic E-state index is 0.715. The molecule has 1 aliphatic rings. The van der Waals surface area contributed by atoms with E-state index in [4.69, 9.17) is 4.55 Å². The van der Waals surface area contributed by atoms with Crippen LogP contribution in [0.2, 0.25) is 0 Å². The maximum absolute atomic E-state index is 9.19. The van der Waals surface area contributed by atoms with E-state index in [-0.39, 0.29) is 0 Å². The second-order valence-corrected chi connectivity index (χ2v) is 4.71. The van der Waals surface area contributed by atoms with Crippen LogP contribution >= 0.6 is 0 Å². The molecule has 0 spiro atoms. The van der Waals surface area contributed by atoms with Crippen molar-refractivity contribution in [1.82, 2.24) is 9.80 Å². The van der Waals surface area contributed by atoms with Gasteiger partial charge < -0.3 is 9.80 Å². The Morgan fingerprint density at radius 1 is 1.43 bits per heavy atom. The molecule has 0 saturated heterocycles. The van der Waals surface area contributed by atoms with Crippen LogP contribution in [0.15, 0.2) is 12.4 Å². The van der Waals surface area contributed by atoms with E-state index >= 15 is 0 Å². The first-order valence-electron chi connectivity index (χ1n) is 4.38. The molecule has 0 radical (unpaired) electrons. The minimum atomic E-state index is -3.67. The fourth-order valence-corrected chi connectivity index (χ4v) is 1.02. The van der Waals surface area contributed by atoms with Crippen LogP contribution < -0.4 is 0 Å². The fourth-order valence-electron chi connectivity index (χ4n) is 1.02. The van der Waals surface area contributed by atoms with E-state index < -0.39 is 10.1 Å². The van der Waals surface area contributed by atoms with Gasteiger partial charge in [-0.3, -0.25) is 4.55 Å². The molecule has 0 aromatic carbocycles. The van der Waals surface area contributed by atoms with E-state index in [1.54, 1.807) is 0 Å². The molecule has 5 nitrogen and oxygen atoms in total. The molecule has 84 valence electrons. The van der Waals surface area contributed by atoms with E-state index in [2.05, 4.69) is 36.2 Å². The van der Waals surface area contributed by atoms with E-state index in [1.165, 1.54) is 13.0 Å². The van der Waals surface area contributed by atoms with Crippen molar-refractivity contribution in [3.63, 3.8) is 0 Å². The van der Waals surface area contributed by atoms with Gasteiger partial charge in [-0.1, -0.05) is 6.92 Å². The predicted octanol–water partition coefficient (Wildman–Crippen LogP) is 0.577. The number of nitrogens with zero attached hydrogens (tertiary/aromatic N) is 2. The topological polar surface area (TPSA) is 60.9 Å². The molecule has 0 aliphatic carbocycles. The van der Waals surface area contributed by atoms with Gasteiger partial charge in [0.2, 0.25) is 0 Å². The van der Waals surface area contributed by atoms with E-state index in [9.17, 15) is 8.42 Å². The van der Waals surface area contributed by atoms with Gasteiger partial charge in [-0.25, -0.2) is 0 Å². The van der Waals surface area contributed by atoms with Gasteiger partial charge in [0.05, 0.1) is 12.9 Å². The zero-order valence-electron chi connectivity index (χ0n) is 8.84. The van der Waals surface area contributed by atoms with Crippen molar-refractivity contribution < 1.29 is 13.0 Å². The van der Waals surface area contributed by atoms with Crippen LogP contribution in [0.4, 0.5) is 0 Å². The molecule has 6 heteroatoms. The monoisotopic (exact) mass is 222 g/mol.